The summed E-state index contributed by atoms with van der Waals surface area (Å²) in [6.45, 7) is 7.95. The second kappa shape index (κ2) is 5.94. The third-order valence-corrected chi connectivity index (χ3v) is 5.01. The summed E-state index contributed by atoms with van der Waals surface area (Å²) >= 11 is 0. The molecule has 2 aromatic carbocycles. The van der Waals surface area contributed by atoms with E-state index in [4.69, 9.17) is 9.40 Å². The average Bonchev–Trinajstić information content (AvgIpc) is 2.93. The maximum Gasteiger partial charge on any atom is 0.179 e. The number of aromatic nitrogens is 1. The van der Waals surface area contributed by atoms with Crippen molar-refractivity contribution in [1.29, 1.82) is 0 Å². The molecule has 4 rings (SSSR count). The van der Waals surface area contributed by atoms with Gasteiger partial charge in [-0.25, -0.2) is 4.98 Å². The van der Waals surface area contributed by atoms with Crippen LogP contribution in [0.15, 0.2) is 40.8 Å². The van der Waals surface area contributed by atoms with Gasteiger partial charge in [-0.3, -0.25) is 0 Å². The van der Waals surface area contributed by atoms with Crippen molar-refractivity contribution >= 4 is 21.9 Å². The molecule has 0 aliphatic rings. The van der Waals surface area contributed by atoms with E-state index in [0.717, 1.165) is 44.1 Å². The Balaban J connectivity index is 2.07. The molecule has 4 nitrogen and oxygen atoms in total. The van der Waals surface area contributed by atoms with Gasteiger partial charge in [-0.2, -0.15) is 0 Å². The van der Waals surface area contributed by atoms with Gasteiger partial charge in [0.05, 0.1) is 5.52 Å². The molecule has 26 heavy (non-hydrogen) atoms. The Kier molecular flexibility index (Phi) is 3.83. The van der Waals surface area contributed by atoms with Crippen LogP contribution in [0.25, 0.3) is 33.3 Å². The van der Waals surface area contributed by atoms with Crippen molar-refractivity contribution in [3.05, 3.63) is 64.2 Å². The zero-order valence-corrected chi connectivity index (χ0v) is 15.3. The van der Waals surface area contributed by atoms with Crippen molar-refractivity contribution < 1.29 is 14.6 Å². The number of benzene rings is 2. The molecule has 4 heteroatoms. The monoisotopic (exact) mass is 347 g/mol. The van der Waals surface area contributed by atoms with E-state index < -0.39 is 6.29 Å². The first-order chi connectivity index (χ1) is 12.4. The van der Waals surface area contributed by atoms with Gasteiger partial charge in [0.2, 0.25) is 0 Å². The fourth-order valence-corrected chi connectivity index (χ4v) is 3.57. The molecule has 0 saturated carbocycles. The Hall–Kier alpha value is -2.69. The van der Waals surface area contributed by atoms with Gasteiger partial charge in [0.25, 0.3) is 0 Å². The fraction of sp³-hybridized carbons (Fsp3) is 0.227. The van der Waals surface area contributed by atoms with E-state index in [1.165, 1.54) is 0 Å². The molecule has 0 aliphatic heterocycles. The lowest BCUT2D eigenvalue weighted by atomic mass is 9.98. The van der Waals surface area contributed by atoms with E-state index in [2.05, 4.69) is 6.07 Å². The maximum absolute atomic E-state index is 9.95. The van der Waals surface area contributed by atoms with Crippen molar-refractivity contribution in [1.82, 2.24) is 4.98 Å². The SMILES string of the molecule is Cc1ccc2c(C)c(-c3cc(C(O)O)c4c(C)ccc(C)c4n3)oc2c1. The summed E-state index contributed by atoms with van der Waals surface area (Å²) in [4.78, 5) is 4.81. The maximum atomic E-state index is 9.95. The van der Waals surface area contributed by atoms with E-state index >= 15 is 0 Å². The number of rotatable bonds is 2. The van der Waals surface area contributed by atoms with Crippen molar-refractivity contribution in [2.24, 2.45) is 0 Å². The Morgan fingerprint density at radius 1 is 0.923 bits per heavy atom. The molecule has 2 N–H and O–H groups in total. The Labute approximate surface area is 151 Å². The molecule has 2 aromatic heterocycles. The number of aliphatic hydroxyl groups excluding tert-OH is 1. The van der Waals surface area contributed by atoms with Gasteiger partial charge >= 0.3 is 0 Å². The van der Waals surface area contributed by atoms with Crippen LogP contribution in [0.4, 0.5) is 0 Å². The van der Waals surface area contributed by atoms with E-state index in [1.807, 2.05) is 52.0 Å². The number of pyridine rings is 1. The van der Waals surface area contributed by atoms with E-state index in [9.17, 15) is 10.2 Å². The molecule has 2 heterocycles. The summed E-state index contributed by atoms with van der Waals surface area (Å²) in [5.41, 5.74) is 6.71. The number of nitrogens with zero attached hydrogens (tertiary/aromatic N) is 1. The van der Waals surface area contributed by atoms with Gasteiger partial charge < -0.3 is 14.6 Å². The smallest absolute Gasteiger partial charge is 0.179 e. The zero-order chi connectivity index (χ0) is 18.6. The van der Waals surface area contributed by atoms with E-state index in [1.54, 1.807) is 6.07 Å². The summed E-state index contributed by atoms with van der Waals surface area (Å²) < 4.78 is 6.09. The minimum atomic E-state index is -1.58. The average molecular weight is 347 g/mol. The Morgan fingerprint density at radius 2 is 1.65 bits per heavy atom. The van der Waals surface area contributed by atoms with Gasteiger partial charge in [0.15, 0.2) is 12.1 Å². The number of hydrogen-bond acceptors (Lipinski definition) is 4. The number of furan rings is 1. The van der Waals surface area contributed by atoms with Crippen LogP contribution in [0.2, 0.25) is 0 Å². The molecule has 0 amide bonds. The summed E-state index contributed by atoms with van der Waals surface area (Å²) in [6.07, 6.45) is -1.58. The van der Waals surface area contributed by atoms with Crippen LogP contribution in [0.1, 0.15) is 34.1 Å². The zero-order valence-electron chi connectivity index (χ0n) is 15.3. The van der Waals surface area contributed by atoms with Crippen LogP contribution in [0.3, 0.4) is 0 Å². The second-order valence-electron chi connectivity index (χ2n) is 6.95. The third-order valence-electron chi connectivity index (χ3n) is 5.01. The van der Waals surface area contributed by atoms with Gasteiger partial charge in [0, 0.05) is 21.9 Å². The van der Waals surface area contributed by atoms with Crippen LogP contribution in [-0.4, -0.2) is 15.2 Å². The molecule has 0 aliphatic carbocycles. The first-order valence-electron chi connectivity index (χ1n) is 8.64. The molecule has 0 unspecified atom stereocenters. The molecule has 0 saturated heterocycles. The second-order valence-corrected chi connectivity index (χ2v) is 6.95. The fourth-order valence-electron chi connectivity index (χ4n) is 3.57. The van der Waals surface area contributed by atoms with E-state index in [0.29, 0.717) is 17.0 Å². The van der Waals surface area contributed by atoms with Crippen LogP contribution in [0.5, 0.6) is 0 Å². The van der Waals surface area contributed by atoms with Gasteiger partial charge in [-0.1, -0.05) is 24.3 Å². The van der Waals surface area contributed by atoms with Gasteiger partial charge in [-0.05, 0) is 56.5 Å². The molecule has 4 aromatic rings. The highest BCUT2D eigenvalue weighted by Gasteiger charge is 2.19. The summed E-state index contributed by atoms with van der Waals surface area (Å²) in [6, 6.07) is 11.8. The van der Waals surface area contributed by atoms with Crippen molar-refractivity contribution in [3.8, 4) is 11.5 Å². The van der Waals surface area contributed by atoms with Crippen molar-refractivity contribution in [2.45, 2.75) is 34.0 Å². The summed E-state index contributed by atoms with van der Waals surface area (Å²) in [5, 5.41) is 21.7. The minimum Gasteiger partial charge on any atom is -0.454 e. The number of aliphatic hydroxyl groups is 2. The topological polar surface area (TPSA) is 66.5 Å². The van der Waals surface area contributed by atoms with E-state index in [-0.39, 0.29) is 0 Å². The molecule has 132 valence electrons. The predicted octanol–water partition coefficient (Wildman–Crippen LogP) is 4.86. The van der Waals surface area contributed by atoms with Crippen LogP contribution in [0, 0.1) is 27.7 Å². The molecule has 0 spiro atoms. The predicted molar refractivity (Wildman–Crippen MR) is 103 cm³/mol. The lowest BCUT2D eigenvalue weighted by Gasteiger charge is -2.14. The van der Waals surface area contributed by atoms with Crippen LogP contribution in [-0.2, 0) is 0 Å². The van der Waals surface area contributed by atoms with Crippen LogP contribution < -0.4 is 0 Å². The highest BCUT2D eigenvalue weighted by molar-refractivity contribution is 5.92. The molecule has 0 radical (unpaired) electrons. The van der Waals surface area contributed by atoms with Crippen molar-refractivity contribution in [3.63, 3.8) is 0 Å². The lowest BCUT2D eigenvalue weighted by Crippen LogP contribution is -2.01. The standard InChI is InChI=1S/C22H21NO3/c1-11-5-8-15-14(4)21(26-18(15)9-11)17-10-16(22(24)25)19-12(2)6-7-13(3)20(19)23-17/h5-10,22,24-25H,1-4H3. The first kappa shape index (κ1) is 16.8. The lowest BCUT2D eigenvalue weighted by molar-refractivity contribution is -0.0413. The third kappa shape index (κ3) is 2.50. The Bertz CT molecular complexity index is 1160. The molecular weight excluding hydrogens is 326 g/mol. The molecular formula is C22H21NO3. The largest absolute Gasteiger partial charge is 0.454 e. The summed E-state index contributed by atoms with van der Waals surface area (Å²) in [5.74, 6) is 0.662. The normalized spacial score (nSPS) is 11.8. The molecule has 0 atom stereocenters. The highest BCUT2D eigenvalue weighted by atomic mass is 16.5. The molecule has 0 fully saturated rings. The van der Waals surface area contributed by atoms with Gasteiger partial charge in [0.1, 0.15) is 11.3 Å². The summed E-state index contributed by atoms with van der Waals surface area (Å²) in [7, 11) is 0. The number of fused-ring (bicyclic) bond motifs is 2. The minimum absolute atomic E-state index is 0.447. The first-order valence-corrected chi connectivity index (χ1v) is 8.64. The van der Waals surface area contributed by atoms with Gasteiger partial charge in [-0.15, -0.1) is 0 Å². The van der Waals surface area contributed by atoms with Crippen molar-refractivity contribution in [2.75, 3.05) is 0 Å². The number of aryl methyl sites for hydroxylation is 4. The molecule has 0 bridgehead atoms. The van der Waals surface area contributed by atoms with Crippen LogP contribution >= 0.6 is 0 Å². The highest BCUT2D eigenvalue weighted by Crippen LogP contribution is 2.36. The quantitative estimate of drug-likeness (QED) is 0.508. The Morgan fingerprint density at radius 3 is 2.38 bits per heavy atom. The number of hydrogen-bond donors (Lipinski definition) is 2.